The number of hydrogen-bond acceptors (Lipinski definition) is 7. The molecule has 0 fully saturated rings. The molecule has 1 N–H and O–H groups in total. The summed E-state index contributed by atoms with van der Waals surface area (Å²) in [5.74, 6) is 1.40. The van der Waals surface area contributed by atoms with E-state index in [0.717, 1.165) is 56.1 Å². The number of aryl methyl sites for hydroxylation is 2. The molecule has 246 valence electrons. The lowest BCUT2D eigenvalue weighted by atomic mass is 9.79. The van der Waals surface area contributed by atoms with E-state index in [1.165, 1.54) is 0 Å². The van der Waals surface area contributed by atoms with Crippen LogP contribution in [0.3, 0.4) is 0 Å². The van der Waals surface area contributed by atoms with Crippen molar-refractivity contribution in [3.63, 3.8) is 0 Å². The average Bonchev–Trinajstić information content (AvgIpc) is 3.44. The topological polar surface area (TPSA) is 88.2 Å². The Bertz CT molecular complexity index is 2330. The van der Waals surface area contributed by atoms with Crippen LogP contribution in [-0.2, 0) is 10.8 Å². The Morgan fingerprint density at radius 2 is 1.51 bits per heavy atom. The molecule has 49 heavy (non-hydrogen) atoms. The van der Waals surface area contributed by atoms with Gasteiger partial charge in [-0.25, -0.2) is 15.0 Å². The van der Waals surface area contributed by atoms with E-state index < -0.39 is 0 Å². The molecule has 4 heterocycles. The highest BCUT2D eigenvalue weighted by molar-refractivity contribution is 6.07. The van der Waals surface area contributed by atoms with Crippen molar-refractivity contribution in [2.45, 2.75) is 66.2 Å². The zero-order chi connectivity index (χ0) is 34.7. The molecule has 0 saturated heterocycles. The summed E-state index contributed by atoms with van der Waals surface area (Å²) in [6.07, 6.45) is 3.63. The van der Waals surface area contributed by atoms with Crippen molar-refractivity contribution in [2.24, 2.45) is 0 Å². The fourth-order valence-corrected chi connectivity index (χ4v) is 6.40. The zero-order valence-corrected chi connectivity index (χ0v) is 29.3. The van der Waals surface area contributed by atoms with Gasteiger partial charge in [0.15, 0.2) is 11.4 Å². The molecule has 7 rings (SSSR count). The predicted octanol–water partition coefficient (Wildman–Crippen LogP) is 10.9. The molecular formula is C42H41N5O2. The fourth-order valence-electron chi connectivity index (χ4n) is 6.40. The maximum atomic E-state index is 11.9. The molecule has 4 aromatic heterocycles. The minimum absolute atomic E-state index is 0.163. The Balaban J connectivity index is 1.51. The lowest BCUT2D eigenvalue weighted by Gasteiger charge is -2.27. The summed E-state index contributed by atoms with van der Waals surface area (Å²) < 4.78 is 6.50. The number of phenolic OH excluding ortho intramolecular Hbond substituents is 1. The van der Waals surface area contributed by atoms with Crippen LogP contribution in [0.5, 0.6) is 5.75 Å². The third kappa shape index (κ3) is 5.79. The summed E-state index contributed by atoms with van der Waals surface area (Å²) in [5.41, 5.74) is 9.40. The monoisotopic (exact) mass is 647 g/mol. The van der Waals surface area contributed by atoms with Crippen LogP contribution in [0, 0.1) is 13.8 Å². The Morgan fingerprint density at radius 1 is 0.735 bits per heavy atom. The summed E-state index contributed by atoms with van der Waals surface area (Å²) in [6, 6.07) is 28.2. The second-order valence-electron chi connectivity index (χ2n) is 14.7. The summed E-state index contributed by atoms with van der Waals surface area (Å²) >= 11 is 0. The number of nitrogens with zero attached hydrogens (tertiary/aromatic N) is 5. The van der Waals surface area contributed by atoms with Crippen LogP contribution >= 0.6 is 0 Å². The van der Waals surface area contributed by atoms with Crippen molar-refractivity contribution >= 4 is 39.3 Å². The Hall–Kier alpha value is -5.56. The van der Waals surface area contributed by atoms with E-state index in [-0.39, 0.29) is 16.6 Å². The molecular weight excluding hydrogens is 606 g/mol. The van der Waals surface area contributed by atoms with E-state index in [1.54, 1.807) is 6.20 Å². The van der Waals surface area contributed by atoms with Gasteiger partial charge in [-0.2, -0.15) is 0 Å². The van der Waals surface area contributed by atoms with Crippen LogP contribution in [0.2, 0.25) is 0 Å². The van der Waals surface area contributed by atoms with Gasteiger partial charge in [0.25, 0.3) is 0 Å². The van der Waals surface area contributed by atoms with Gasteiger partial charge in [0.05, 0.1) is 16.9 Å². The number of fused-ring (bicyclic) bond motifs is 3. The molecule has 0 bridgehead atoms. The van der Waals surface area contributed by atoms with Crippen LogP contribution in [0.4, 0.5) is 17.2 Å². The smallest absolute Gasteiger partial charge is 0.180 e. The summed E-state index contributed by atoms with van der Waals surface area (Å²) in [4.78, 5) is 21.8. The van der Waals surface area contributed by atoms with Crippen LogP contribution in [0.15, 0.2) is 102 Å². The van der Waals surface area contributed by atoms with Crippen molar-refractivity contribution in [3.05, 3.63) is 120 Å². The number of pyridine rings is 2. The van der Waals surface area contributed by atoms with Crippen LogP contribution in [-0.4, -0.2) is 25.0 Å². The van der Waals surface area contributed by atoms with Crippen LogP contribution in [0.1, 0.15) is 63.9 Å². The highest BCUT2D eigenvalue weighted by Crippen LogP contribution is 2.44. The first-order chi connectivity index (χ1) is 23.3. The highest BCUT2D eigenvalue weighted by Gasteiger charge is 2.28. The van der Waals surface area contributed by atoms with Gasteiger partial charge in [-0.05, 0) is 84.3 Å². The third-order valence-corrected chi connectivity index (χ3v) is 9.03. The molecule has 0 amide bonds. The van der Waals surface area contributed by atoms with Gasteiger partial charge in [0.1, 0.15) is 28.4 Å². The number of benzene rings is 3. The fraction of sp³-hybridized carbons (Fsp3) is 0.238. The lowest BCUT2D eigenvalue weighted by Crippen LogP contribution is -2.17. The molecule has 0 spiro atoms. The first kappa shape index (κ1) is 32.0. The van der Waals surface area contributed by atoms with Gasteiger partial charge >= 0.3 is 0 Å². The number of rotatable bonds is 5. The van der Waals surface area contributed by atoms with Crippen molar-refractivity contribution in [1.29, 1.82) is 0 Å². The molecule has 0 radical (unpaired) electrons. The lowest BCUT2D eigenvalue weighted by molar-refractivity contribution is 0.446. The largest absolute Gasteiger partial charge is 0.507 e. The second-order valence-corrected chi connectivity index (χ2v) is 14.7. The molecule has 0 aliphatic heterocycles. The van der Waals surface area contributed by atoms with Crippen molar-refractivity contribution < 1.29 is 9.52 Å². The quantitative estimate of drug-likeness (QED) is 0.199. The van der Waals surface area contributed by atoms with E-state index in [0.29, 0.717) is 28.2 Å². The first-order valence-electron chi connectivity index (χ1n) is 16.6. The van der Waals surface area contributed by atoms with Gasteiger partial charge in [0.2, 0.25) is 0 Å². The van der Waals surface area contributed by atoms with Gasteiger partial charge < -0.3 is 9.52 Å². The maximum Gasteiger partial charge on any atom is 0.180 e. The van der Waals surface area contributed by atoms with Crippen LogP contribution < -0.4 is 4.90 Å². The van der Waals surface area contributed by atoms with Gasteiger partial charge in [-0.1, -0.05) is 77.9 Å². The normalized spacial score (nSPS) is 12.2. The second kappa shape index (κ2) is 11.8. The minimum Gasteiger partial charge on any atom is -0.507 e. The molecule has 7 nitrogen and oxygen atoms in total. The summed E-state index contributed by atoms with van der Waals surface area (Å²) in [7, 11) is 0. The maximum absolute atomic E-state index is 11.9. The average molecular weight is 648 g/mol. The molecule has 7 heteroatoms. The number of furan rings is 1. The van der Waals surface area contributed by atoms with Crippen molar-refractivity contribution in [3.8, 4) is 28.4 Å². The molecule has 0 saturated carbocycles. The Kier molecular flexibility index (Phi) is 7.74. The Morgan fingerprint density at radius 3 is 2.22 bits per heavy atom. The highest BCUT2D eigenvalue weighted by atomic mass is 16.3. The molecule has 0 aliphatic rings. The van der Waals surface area contributed by atoms with Crippen LogP contribution in [0.25, 0.3) is 44.7 Å². The van der Waals surface area contributed by atoms with E-state index in [2.05, 4.69) is 76.5 Å². The van der Waals surface area contributed by atoms with Crippen molar-refractivity contribution in [2.75, 3.05) is 4.90 Å². The standard InChI is InChI=1S/C42H41N5O2/c1-25-19-21-43-26(2)37(25)47(34-18-11-12-20-44-34)29-15-13-14-27(22-29)35-39-36(30-16-9-10-17-33(30)49-39)46-40(45-35)31-23-28(41(3,4)5)24-32(38(31)48)42(6,7)8/h9-24,48H,1-8H3. The number of anilines is 3. The molecule has 7 aromatic rings. The molecule has 3 aromatic carbocycles. The van der Waals surface area contributed by atoms with Crippen molar-refractivity contribution in [1.82, 2.24) is 19.9 Å². The van der Waals surface area contributed by atoms with E-state index >= 15 is 0 Å². The molecule has 0 unspecified atom stereocenters. The van der Waals surface area contributed by atoms with Gasteiger partial charge in [0, 0.05) is 34.6 Å². The number of phenols is 1. The SMILES string of the molecule is Cc1ccnc(C)c1N(c1cccc(-c2nc(-c3cc(C(C)(C)C)cc(C(C)(C)C)c3O)nc3c2oc2ccccc23)c1)c1ccccn1. The number of aromatic nitrogens is 4. The predicted molar refractivity (Wildman–Crippen MR) is 199 cm³/mol. The van der Waals surface area contributed by atoms with E-state index in [4.69, 9.17) is 19.4 Å². The summed E-state index contributed by atoms with van der Waals surface area (Å²) in [5, 5.41) is 12.8. The first-order valence-corrected chi connectivity index (χ1v) is 16.6. The molecule has 0 atom stereocenters. The minimum atomic E-state index is -0.304. The molecule has 0 aliphatic carbocycles. The number of hydrogen-bond donors (Lipinski definition) is 1. The van der Waals surface area contributed by atoms with Gasteiger partial charge in [-0.3, -0.25) is 9.88 Å². The summed E-state index contributed by atoms with van der Waals surface area (Å²) in [6.45, 7) is 17.0. The van der Waals surface area contributed by atoms with E-state index in [9.17, 15) is 5.11 Å². The van der Waals surface area contributed by atoms with Gasteiger partial charge in [-0.15, -0.1) is 0 Å². The third-order valence-electron chi connectivity index (χ3n) is 9.03. The number of aromatic hydroxyl groups is 1. The number of para-hydroxylation sites is 1. The Labute approximate surface area is 287 Å². The zero-order valence-electron chi connectivity index (χ0n) is 29.3. The van der Waals surface area contributed by atoms with E-state index in [1.807, 2.05) is 79.9 Å².